The van der Waals surface area contributed by atoms with Gasteiger partial charge in [0.05, 0.1) is 23.9 Å². The number of methoxy groups -OCH3 is 1. The lowest BCUT2D eigenvalue weighted by molar-refractivity contribution is -0.113. The van der Waals surface area contributed by atoms with Crippen LogP contribution in [-0.4, -0.2) is 38.9 Å². The molecule has 0 radical (unpaired) electrons. The molecule has 0 aliphatic heterocycles. The summed E-state index contributed by atoms with van der Waals surface area (Å²) in [5.41, 5.74) is 1.70. The van der Waals surface area contributed by atoms with Crippen LogP contribution < -0.4 is 10.1 Å². The Morgan fingerprint density at radius 2 is 2.32 bits per heavy atom. The monoisotopic (exact) mass is 315 g/mol. The smallest absolute Gasteiger partial charge is 0.236 e. The molecule has 0 aliphatic carbocycles. The van der Waals surface area contributed by atoms with E-state index in [-0.39, 0.29) is 11.7 Å². The van der Waals surface area contributed by atoms with Gasteiger partial charge in [-0.2, -0.15) is 5.10 Å². The second-order valence-electron chi connectivity index (χ2n) is 4.37. The first kappa shape index (κ1) is 14.3. The van der Waals surface area contributed by atoms with Crippen LogP contribution in [0.1, 0.15) is 0 Å². The van der Waals surface area contributed by atoms with Gasteiger partial charge < -0.3 is 15.0 Å². The van der Waals surface area contributed by atoms with E-state index in [2.05, 4.69) is 25.5 Å². The number of H-pyrrole nitrogens is 1. The number of fused-ring (bicyclic) bond motifs is 1. The standard InChI is InChI=1S/C14H13N5O2S/c1-21-9-4-5-10-11(7-9)17-14(16-10)22-8-13(20)18-12-3-2-6-15-19-12/h2-7H,8H2,1H3,(H,16,17)(H,18,19,20). The molecule has 0 spiro atoms. The summed E-state index contributed by atoms with van der Waals surface area (Å²) in [5.74, 6) is 1.26. The number of thioether (sulfide) groups is 1. The first-order chi connectivity index (χ1) is 10.7. The van der Waals surface area contributed by atoms with Gasteiger partial charge in [0, 0.05) is 12.3 Å². The minimum Gasteiger partial charge on any atom is -0.497 e. The Balaban J connectivity index is 1.62. The van der Waals surface area contributed by atoms with Gasteiger partial charge in [-0.05, 0) is 24.3 Å². The molecule has 2 aromatic heterocycles. The van der Waals surface area contributed by atoms with Crippen LogP contribution in [0.25, 0.3) is 11.0 Å². The van der Waals surface area contributed by atoms with E-state index < -0.39 is 0 Å². The minimum absolute atomic E-state index is 0.163. The molecule has 1 aromatic carbocycles. The average molecular weight is 315 g/mol. The van der Waals surface area contributed by atoms with Gasteiger partial charge in [0.15, 0.2) is 11.0 Å². The zero-order valence-corrected chi connectivity index (χ0v) is 12.6. The van der Waals surface area contributed by atoms with Crippen LogP contribution in [0.15, 0.2) is 41.7 Å². The number of benzene rings is 1. The van der Waals surface area contributed by atoms with Crippen LogP contribution in [-0.2, 0) is 4.79 Å². The summed E-state index contributed by atoms with van der Waals surface area (Å²) in [6.45, 7) is 0. The fourth-order valence-electron chi connectivity index (χ4n) is 1.84. The van der Waals surface area contributed by atoms with Crippen molar-refractivity contribution in [3.05, 3.63) is 36.5 Å². The van der Waals surface area contributed by atoms with Gasteiger partial charge in [0.2, 0.25) is 5.91 Å². The predicted octanol–water partition coefficient (Wildman–Crippen LogP) is 2.09. The predicted molar refractivity (Wildman–Crippen MR) is 84.0 cm³/mol. The van der Waals surface area contributed by atoms with Crippen molar-refractivity contribution in [2.24, 2.45) is 0 Å². The number of hydrogen-bond acceptors (Lipinski definition) is 6. The number of anilines is 1. The van der Waals surface area contributed by atoms with Gasteiger partial charge >= 0.3 is 0 Å². The molecule has 3 rings (SSSR count). The van der Waals surface area contributed by atoms with E-state index in [9.17, 15) is 4.79 Å². The van der Waals surface area contributed by atoms with Crippen molar-refractivity contribution in [3.63, 3.8) is 0 Å². The average Bonchev–Trinajstić information content (AvgIpc) is 2.95. The highest BCUT2D eigenvalue weighted by Crippen LogP contribution is 2.23. The highest BCUT2D eigenvalue weighted by molar-refractivity contribution is 7.99. The van der Waals surface area contributed by atoms with Gasteiger partial charge in [-0.1, -0.05) is 11.8 Å². The third-order valence-corrected chi connectivity index (χ3v) is 3.72. The molecule has 1 amide bonds. The van der Waals surface area contributed by atoms with Crippen molar-refractivity contribution in [2.75, 3.05) is 18.2 Å². The molecule has 0 unspecified atom stereocenters. The molecule has 0 aliphatic rings. The number of carbonyl (C=O) groups is 1. The minimum atomic E-state index is -0.163. The van der Waals surface area contributed by atoms with Crippen molar-refractivity contribution in [2.45, 2.75) is 5.16 Å². The molecule has 7 nitrogen and oxygen atoms in total. The topological polar surface area (TPSA) is 92.8 Å². The number of aromatic nitrogens is 4. The highest BCUT2D eigenvalue weighted by atomic mass is 32.2. The van der Waals surface area contributed by atoms with Crippen molar-refractivity contribution in [1.82, 2.24) is 20.2 Å². The molecule has 0 atom stereocenters. The van der Waals surface area contributed by atoms with Gasteiger partial charge in [-0.3, -0.25) is 4.79 Å². The molecular weight excluding hydrogens is 302 g/mol. The first-order valence-electron chi connectivity index (χ1n) is 6.49. The van der Waals surface area contributed by atoms with Gasteiger partial charge in [0.25, 0.3) is 0 Å². The van der Waals surface area contributed by atoms with E-state index in [1.165, 1.54) is 11.8 Å². The summed E-state index contributed by atoms with van der Waals surface area (Å²) in [7, 11) is 1.62. The summed E-state index contributed by atoms with van der Waals surface area (Å²) in [6, 6.07) is 8.98. The Hall–Kier alpha value is -2.61. The number of rotatable bonds is 5. The largest absolute Gasteiger partial charge is 0.497 e. The molecule has 2 heterocycles. The van der Waals surface area contributed by atoms with E-state index in [0.717, 1.165) is 16.8 Å². The van der Waals surface area contributed by atoms with Crippen molar-refractivity contribution in [1.29, 1.82) is 0 Å². The number of ether oxygens (including phenoxy) is 1. The molecule has 2 N–H and O–H groups in total. The Morgan fingerprint density at radius 3 is 3.09 bits per heavy atom. The first-order valence-corrected chi connectivity index (χ1v) is 7.47. The van der Waals surface area contributed by atoms with Crippen LogP contribution in [0, 0.1) is 0 Å². The van der Waals surface area contributed by atoms with Crippen LogP contribution in [0.5, 0.6) is 5.75 Å². The highest BCUT2D eigenvalue weighted by Gasteiger charge is 2.08. The van der Waals surface area contributed by atoms with Crippen LogP contribution in [0.2, 0.25) is 0 Å². The van der Waals surface area contributed by atoms with E-state index >= 15 is 0 Å². The number of hydrogen-bond donors (Lipinski definition) is 2. The number of imidazole rings is 1. The fraction of sp³-hybridized carbons (Fsp3) is 0.143. The second kappa shape index (κ2) is 6.44. The van der Waals surface area contributed by atoms with E-state index in [0.29, 0.717) is 11.0 Å². The summed E-state index contributed by atoms with van der Waals surface area (Å²) in [4.78, 5) is 19.4. The molecule has 0 fully saturated rings. The lowest BCUT2D eigenvalue weighted by Gasteiger charge is -2.01. The third-order valence-electron chi connectivity index (χ3n) is 2.85. The molecule has 112 valence electrons. The molecule has 3 aromatic rings. The maximum absolute atomic E-state index is 11.8. The number of nitrogens with zero attached hydrogens (tertiary/aromatic N) is 3. The molecular formula is C14H13N5O2S. The third kappa shape index (κ3) is 3.34. The summed E-state index contributed by atoms with van der Waals surface area (Å²) >= 11 is 1.32. The van der Waals surface area contributed by atoms with Crippen LogP contribution >= 0.6 is 11.8 Å². The van der Waals surface area contributed by atoms with E-state index in [4.69, 9.17) is 4.74 Å². The van der Waals surface area contributed by atoms with Crippen molar-refractivity contribution < 1.29 is 9.53 Å². The lowest BCUT2D eigenvalue weighted by atomic mass is 10.3. The quantitative estimate of drug-likeness (QED) is 0.700. The fourth-order valence-corrected chi connectivity index (χ4v) is 2.53. The number of aromatic amines is 1. The lowest BCUT2D eigenvalue weighted by Crippen LogP contribution is -2.15. The number of carbonyl (C=O) groups excluding carboxylic acids is 1. The number of amides is 1. The normalized spacial score (nSPS) is 10.6. The van der Waals surface area contributed by atoms with Crippen molar-refractivity contribution >= 4 is 34.5 Å². The van der Waals surface area contributed by atoms with E-state index in [1.807, 2.05) is 18.2 Å². The molecule has 22 heavy (non-hydrogen) atoms. The Bertz CT molecular complexity index is 790. The van der Waals surface area contributed by atoms with Gasteiger partial charge in [0.1, 0.15) is 5.75 Å². The Morgan fingerprint density at radius 1 is 1.41 bits per heavy atom. The molecule has 8 heteroatoms. The van der Waals surface area contributed by atoms with Crippen molar-refractivity contribution in [3.8, 4) is 5.75 Å². The van der Waals surface area contributed by atoms with Gasteiger partial charge in [-0.25, -0.2) is 4.98 Å². The Labute approximate surface area is 130 Å². The molecule has 0 bridgehead atoms. The second-order valence-corrected chi connectivity index (χ2v) is 5.33. The molecule has 0 saturated carbocycles. The zero-order chi connectivity index (χ0) is 15.4. The van der Waals surface area contributed by atoms with Crippen LogP contribution in [0.4, 0.5) is 5.82 Å². The van der Waals surface area contributed by atoms with E-state index in [1.54, 1.807) is 25.4 Å². The summed E-state index contributed by atoms with van der Waals surface area (Å²) in [5, 5.41) is 10.8. The summed E-state index contributed by atoms with van der Waals surface area (Å²) in [6.07, 6.45) is 1.55. The zero-order valence-electron chi connectivity index (χ0n) is 11.7. The Kier molecular flexibility index (Phi) is 4.19. The summed E-state index contributed by atoms with van der Waals surface area (Å²) < 4.78 is 5.16. The van der Waals surface area contributed by atoms with Gasteiger partial charge in [-0.15, -0.1) is 5.10 Å². The maximum atomic E-state index is 11.8. The maximum Gasteiger partial charge on any atom is 0.236 e. The SMILES string of the molecule is COc1ccc2nc(SCC(=O)Nc3cccnn3)[nH]c2c1. The molecule has 0 saturated heterocycles. The van der Waals surface area contributed by atoms with Crippen LogP contribution in [0.3, 0.4) is 0 Å². The number of nitrogens with one attached hydrogen (secondary N) is 2.